The van der Waals surface area contributed by atoms with Crippen molar-refractivity contribution in [1.82, 2.24) is 5.32 Å². The van der Waals surface area contributed by atoms with Crippen LogP contribution >= 0.6 is 11.8 Å². The Bertz CT molecular complexity index is 1200. The van der Waals surface area contributed by atoms with Gasteiger partial charge >= 0.3 is 0 Å². The number of benzene rings is 2. The molecule has 2 aliphatic heterocycles. The fourth-order valence-electron chi connectivity index (χ4n) is 5.17. The van der Waals surface area contributed by atoms with Crippen LogP contribution < -0.4 is 10.2 Å². The summed E-state index contributed by atoms with van der Waals surface area (Å²) in [5, 5.41) is 21.7. The van der Waals surface area contributed by atoms with Crippen molar-refractivity contribution in [2.24, 2.45) is 10.9 Å². The molecule has 0 fully saturated rings. The van der Waals surface area contributed by atoms with Crippen LogP contribution in [-0.2, 0) is 0 Å². The Labute approximate surface area is 206 Å². The van der Waals surface area contributed by atoms with Gasteiger partial charge in [0.1, 0.15) is 5.84 Å². The zero-order valence-electron chi connectivity index (χ0n) is 19.8. The molecular weight excluding hydrogens is 438 g/mol. The molecule has 0 saturated heterocycles. The SMILES string of the molecule is CCCCN(C1=NC(=N)/C(=C2\NC(=N)C3=C2C(c2ccccc2)C(C)CC3)S1)c1ccccc1. The molecule has 1 aliphatic carbocycles. The van der Waals surface area contributed by atoms with Crippen LogP contribution in [0.3, 0.4) is 0 Å². The third-order valence-electron chi connectivity index (χ3n) is 6.91. The quantitative estimate of drug-likeness (QED) is 0.457. The molecule has 0 amide bonds. The summed E-state index contributed by atoms with van der Waals surface area (Å²) in [5.41, 5.74) is 5.58. The molecule has 3 N–H and O–H groups in total. The molecule has 5 nitrogen and oxygen atoms in total. The summed E-state index contributed by atoms with van der Waals surface area (Å²) in [7, 11) is 0. The second-order valence-corrected chi connectivity index (χ2v) is 10.2. The molecule has 3 aliphatic rings. The minimum atomic E-state index is 0.213. The number of aliphatic imine (C=N–C) groups is 1. The van der Waals surface area contributed by atoms with Gasteiger partial charge in [-0.15, -0.1) is 0 Å². The predicted octanol–water partition coefficient (Wildman–Crippen LogP) is 6.68. The Morgan fingerprint density at radius 3 is 2.47 bits per heavy atom. The van der Waals surface area contributed by atoms with E-state index < -0.39 is 0 Å². The number of anilines is 1. The van der Waals surface area contributed by atoms with Gasteiger partial charge in [0.05, 0.1) is 10.6 Å². The van der Waals surface area contributed by atoms with Gasteiger partial charge in [-0.05, 0) is 60.2 Å². The summed E-state index contributed by atoms with van der Waals surface area (Å²) >= 11 is 1.56. The number of allylic oxidation sites excluding steroid dienone is 1. The Kier molecular flexibility index (Phi) is 6.42. The summed E-state index contributed by atoms with van der Waals surface area (Å²) in [6.45, 7) is 5.37. The number of hydrogen-bond donors (Lipinski definition) is 3. The van der Waals surface area contributed by atoms with E-state index in [9.17, 15) is 0 Å². The van der Waals surface area contributed by atoms with E-state index in [0.717, 1.165) is 59.3 Å². The fraction of sp³-hybridized carbons (Fsp3) is 0.321. The molecule has 2 heterocycles. The average molecular weight is 470 g/mol. The van der Waals surface area contributed by atoms with E-state index in [2.05, 4.69) is 66.5 Å². The van der Waals surface area contributed by atoms with Gasteiger partial charge in [0.2, 0.25) is 0 Å². The van der Waals surface area contributed by atoms with Gasteiger partial charge in [0.25, 0.3) is 0 Å². The summed E-state index contributed by atoms with van der Waals surface area (Å²) in [5.74, 6) is 1.45. The Morgan fingerprint density at radius 2 is 1.76 bits per heavy atom. The molecule has 2 aromatic rings. The van der Waals surface area contributed by atoms with Gasteiger partial charge in [0, 0.05) is 23.7 Å². The zero-order chi connectivity index (χ0) is 23.7. The van der Waals surface area contributed by atoms with E-state index >= 15 is 0 Å². The van der Waals surface area contributed by atoms with E-state index in [0.29, 0.717) is 11.8 Å². The number of hydrogen-bond acceptors (Lipinski definition) is 4. The molecule has 2 aromatic carbocycles. The lowest BCUT2D eigenvalue weighted by Crippen LogP contribution is -2.28. The predicted molar refractivity (Wildman–Crippen MR) is 144 cm³/mol. The molecule has 2 unspecified atom stereocenters. The van der Waals surface area contributed by atoms with Crippen molar-refractivity contribution >= 4 is 34.3 Å². The smallest absolute Gasteiger partial charge is 0.175 e. The van der Waals surface area contributed by atoms with Crippen molar-refractivity contribution in [3.05, 3.63) is 88.0 Å². The second-order valence-electron chi connectivity index (χ2n) is 9.19. The fourth-order valence-corrected chi connectivity index (χ4v) is 6.20. The van der Waals surface area contributed by atoms with Crippen molar-refractivity contribution in [2.45, 2.75) is 45.4 Å². The zero-order valence-corrected chi connectivity index (χ0v) is 20.6. The van der Waals surface area contributed by atoms with Crippen molar-refractivity contribution in [3.63, 3.8) is 0 Å². The summed E-state index contributed by atoms with van der Waals surface area (Å²) in [4.78, 5) is 7.78. The Morgan fingerprint density at radius 1 is 1.06 bits per heavy atom. The highest BCUT2D eigenvalue weighted by atomic mass is 32.2. The highest BCUT2D eigenvalue weighted by molar-refractivity contribution is 8.18. The number of nitrogens with zero attached hydrogens (tertiary/aromatic N) is 2. The van der Waals surface area contributed by atoms with E-state index in [-0.39, 0.29) is 11.8 Å². The van der Waals surface area contributed by atoms with E-state index in [4.69, 9.17) is 15.8 Å². The highest BCUT2D eigenvalue weighted by Gasteiger charge is 2.40. The standard InChI is InChI=1S/C28H31N5S/c1-3-4-17-33(20-13-9-6-10-14-20)28-32-27(30)25(34-28)24-23-21(26(29)31-24)16-15-18(2)22(23)19-11-7-5-8-12-19/h5-14,18,22,30H,3-4,15-17H2,1-2H3,(H2,29,31)/b25-24+,30-27?. The summed E-state index contributed by atoms with van der Waals surface area (Å²) < 4.78 is 0. The first kappa shape index (κ1) is 22.7. The van der Waals surface area contributed by atoms with Crippen molar-refractivity contribution in [2.75, 3.05) is 11.4 Å². The average Bonchev–Trinajstić information content (AvgIpc) is 3.40. The largest absolute Gasteiger partial charge is 0.339 e. The lowest BCUT2D eigenvalue weighted by atomic mass is 9.72. The van der Waals surface area contributed by atoms with Crippen LogP contribution in [0.15, 0.2) is 87.4 Å². The number of para-hydroxylation sites is 1. The van der Waals surface area contributed by atoms with Crippen molar-refractivity contribution in [1.29, 1.82) is 10.8 Å². The van der Waals surface area contributed by atoms with Crippen LogP contribution in [-0.4, -0.2) is 23.4 Å². The number of unbranched alkanes of at least 4 members (excludes halogenated alkanes) is 1. The molecule has 5 rings (SSSR count). The third-order valence-corrected chi connectivity index (χ3v) is 8.01. The number of rotatable bonds is 5. The van der Waals surface area contributed by atoms with Gasteiger partial charge in [-0.1, -0.05) is 68.8 Å². The van der Waals surface area contributed by atoms with E-state index in [1.54, 1.807) is 11.8 Å². The van der Waals surface area contributed by atoms with Gasteiger partial charge in [0.15, 0.2) is 11.0 Å². The van der Waals surface area contributed by atoms with Crippen LogP contribution in [0.2, 0.25) is 0 Å². The molecule has 0 aromatic heterocycles. The highest BCUT2D eigenvalue weighted by Crippen LogP contribution is 2.49. The Balaban J connectivity index is 1.54. The lowest BCUT2D eigenvalue weighted by Gasteiger charge is -2.31. The monoisotopic (exact) mass is 469 g/mol. The molecule has 0 saturated carbocycles. The summed E-state index contributed by atoms with van der Waals surface area (Å²) in [6.07, 6.45) is 4.12. The first-order chi connectivity index (χ1) is 16.6. The van der Waals surface area contributed by atoms with Gasteiger partial charge in [-0.3, -0.25) is 10.8 Å². The van der Waals surface area contributed by atoms with Crippen LogP contribution in [0, 0.1) is 16.7 Å². The van der Waals surface area contributed by atoms with Crippen LogP contribution in [0.4, 0.5) is 5.69 Å². The molecule has 174 valence electrons. The Hall–Kier alpha value is -3.12. The van der Waals surface area contributed by atoms with Gasteiger partial charge in [-0.25, -0.2) is 4.99 Å². The first-order valence-electron chi connectivity index (χ1n) is 12.1. The maximum atomic E-state index is 8.80. The van der Waals surface area contributed by atoms with Gasteiger partial charge in [-0.2, -0.15) is 0 Å². The lowest BCUT2D eigenvalue weighted by molar-refractivity contribution is 0.450. The van der Waals surface area contributed by atoms with E-state index in [1.807, 2.05) is 18.2 Å². The first-order valence-corrected chi connectivity index (χ1v) is 13.0. The minimum Gasteiger partial charge on any atom is -0.339 e. The van der Waals surface area contributed by atoms with Crippen LogP contribution in [0.1, 0.15) is 51.0 Å². The number of nitrogens with one attached hydrogen (secondary N) is 3. The summed E-state index contributed by atoms with van der Waals surface area (Å²) in [6, 6.07) is 20.9. The van der Waals surface area contributed by atoms with Crippen LogP contribution in [0.5, 0.6) is 0 Å². The molecule has 0 bridgehead atoms. The minimum absolute atomic E-state index is 0.213. The van der Waals surface area contributed by atoms with Gasteiger partial charge < -0.3 is 10.2 Å². The molecule has 2 atom stereocenters. The van der Waals surface area contributed by atoms with Crippen LogP contribution in [0.25, 0.3) is 0 Å². The molecule has 0 radical (unpaired) electrons. The van der Waals surface area contributed by atoms with Crippen molar-refractivity contribution < 1.29 is 0 Å². The molecule has 6 heteroatoms. The van der Waals surface area contributed by atoms with Crippen molar-refractivity contribution in [3.8, 4) is 0 Å². The second kappa shape index (κ2) is 9.63. The molecular formula is C28H31N5S. The number of thioether (sulfide) groups is 1. The molecule has 0 spiro atoms. The maximum Gasteiger partial charge on any atom is 0.175 e. The third kappa shape index (κ3) is 4.11. The van der Waals surface area contributed by atoms with E-state index in [1.165, 1.54) is 11.1 Å². The number of amidine groups is 3. The molecule has 34 heavy (non-hydrogen) atoms. The topological polar surface area (TPSA) is 75.3 Å². The maximum absolute atomic E-state index is 8.80. The normalized spacial score (nSPS) is 24.2.